The van der Waals surface area contributed by atoms with Crippen LogP contribution in [0.4, 0.5) is 5.69 Å². The van der Waals surface area contributed by atoms with Crippen LogP contribution in [0.25, 0.3) is 5.65 Å². The third kappa shape index (κ3) is 4.00. The van der Waals surface area contributed by atoms with Crippen molar-refractivity contribution in [1.29, 1.82) is 0 Å². The van der Waals surface area contributed by atoms with Gasteiger partial charge in [-0.2, -0.15) is 0 Å². The van der Waals surface area contributed by atoms with Crippen LogP contribution < -0.4 is 4.31 Å². The summed E-state index contributed by atoms with van der Waals surface area (Å²) in [7, 11) is -3.91. The highest BCUT2D eigenvalue weighted by Gasteiger charge is 2.29. The zero-order valence-corrected chi connectivity index (χ0v) is 19.7. The minimum Gasteiger partial charge on any atom is -0.285 e. The number of pyridine rings is 1. The molecule has 0 aliphatic heterocycles. The van der Waals surface area contributed by atoms with Crippen LogP contribution in [0, 0.1) is 6.92 Å². The molecular weight excluding hydrogens is 420 g/mol. The van der Waals surface area contributed by atoms with Gasteiger partial charge in [0.05, 0.1) is 12.2 Å². The van der Waals surface area contributed by atoms with E-state index in [1.165, 1.54) is 4.31 Å². The van der Waals surface area contributed by atoms with Gasteiger partial charge in [0.25, 0.3) is 10.0 Å². The molecule has 2 heterocycles. The molecule has 0 aliphatic carbocycles. The third-order valence-electron chi connectivity index (χ3n) is 5.78. The summed E-state index contributed by atoms with van der Waals surface area (Å²) in [6.45, 7) is 8.43. The lowest BCUT2D eigenvalue weighted by atomic mass is 10.0. The van der Waals surface area contributed by atoms with Crippen LogP contribution in [0.1, 0.15) is 49.2 Å². The maximum absolute atomic E-state index is 14.0. The number of benzene rings is 2. The third-order valence-corrected chi connectivity index (χ3v) is 7.57. The molecule has 0 spiro atoms. The Balaban J connectivity index is 1.87. The van der Waals surface area contributed by atoms with Crippen LogP contribution in [-0.2, 0) is 23.0 Å². The van der Waals surface area contributed by atoms with Crippen molar-refractivity contribution < 1.29 is 8.42 Å². The standard InChI is InChI=1S/C25H28N4O2S/c1-5-24-26-27-25-23(11-8-16-28(24)25)32(30,31)29(17-21-10-7-6-9-19(21)4)22-14-12-20(13-15-22)18(2)3/h6-16,18H,5,17H2,1-4H3. The van der Waals surface area contributed by atoms with Gasteiger partial charge in [0.15, 0.2) is 5.65 Å². The Morgan fingerprint density at radius 1 is 0.969 bits per heavy atom. The van der Waals surface area contributed by atoms with Crippen LogP contribution in [-0.4, -0.2) is 23.0 Å². The van der Waals surface area contributed by atoms with Gasteiger partial charge in [-0.3, -0.25) is 8.71 Å². The molecule has 6 nitrogen and oxygen atoms in total. The zero-order valence-electron chi connectivity index (χ0n) is 18.9. The van der Waals surface area contributed by atoms with Crippen molar-refractivity contribution in [2.45, 2.75) is 51.5 Å². The molecule has 0 unspecified atom stereocenters. The number of rotatable bonds is 7. The summed E-state index contributed by atoms with van der Waals surface area (Å²) in [5.74, 6) is 1.09. The van der Waals surface area contributed by atoms with Crippen LogP contribution >= 0.6 is 0 Å². The van der Waals surface area contributed by atoms with Gasteiger partial charge in [-0.15, -0.1) is 10.2 Å². The first-order valence-corrected chi connectivity index (χ1v) is 12.3. The van der Waals surface area contributed by atoms with E-state index in [0.717, 1.165) is 22.5 Å². The van der Waals surface area contributed by atoms with Gasteiger partial charge in [-0.25, -0.2) is 8.42 Å². The van der Waals surface area contributed by atoms with E-state index in [1.54, 1.807) is 22.7 Å². The molecule has 0 fully saturated rings. The molecule has 0 bridgehead atoms. The van der Waals surface area contributed by atoms with E-state index in [1.807, 2.05) is 62.4 Å². The number of nitrogens with zero attached hydrogens (tertiary/aromatic N) is 4. The second kappa shape index (κ2) is 8.74. The van der Waals surface area contributed by atoms with Gasteiger partial charge in [-0.05, 0) is 53.8 Å². The maximum atomic E-state index is 14.0. The Labute approximate surface area is 189 Å². The van der Waals surface area contributed by atoms with Crippen molar-refractivity contribution in [1.82, 2.24) is 14.6 Å². The number of sulfonamides is 1. The fourth-order valence-corrected chi connectivity index (χ4v) is 5.35. The average Bonchev–Trinajstić information content (AvgIpc) is 3.21. The quantitative estimate of drug-likeness (QED) is 0.394. The summed E-state index contributed by atoms with van der Waals surface area (Å²) in [6.07, 6.45) is 2.46. The zero-order chi connectivity index (χ0) is 22.9. The lowest BCUT2D eigenvalue weighted by molar-refractivity contribution is 0.590. The van der Waals surface area contributed by atoms with Crippen molar-refractivity contribution in [2.24, 2.45) is 0 Å². The summed E-state index contributed by atoms with van der Waals surface area (Å²) in [4.78, 5) is 0.147. The Bertz CT molecular complexity index is 1340. The van der Waals surface area contributed by atoms with Crippen molar-refractivity contribution in [3.8, 4) is 0 Å². The van der Waals surface area contributed by atoms with E-state index >= 15 is 0 Å². The van der Waals surface area contributed by atoms with Gasteiger partial charge < -0.3 is 0 Å². The summed E-state index contributed by atoms with van der Waals surface area (Å²) in [5.41, 5.74) is 4.12. The summed E-state index contributed by atoms with van der Waals surface area (Å²) >= 11 is 0. The predicted octanol–water partition coefficient (Wildman–Crippen LogP) is 5.12. The molecule has 2 aromatic carbocycles. The minimum absolute atomic E-state index is 0.147. The fraction of sp³-hybridized carbons (Fsp3) is 0.280. The van der Waals surface area contributed by atoms with E-state index in [-0.39, 0.29) is 11.4 Å². The van der Waals surface area contributed by atoms with Crippen molar-refractivity contribution in [3.05, 3.63) is 89.4 Å². The van der Waals surface area contributed by atoms with E-state index in [0.29, 0.717) is 23.7 Å². The molecule has 0 atom stereocenters. The first-order chi connectivity index (χ1) is 15.3. The lowest BCUT2D eigenvalue weighted by Crippen LogP contribution is -2.31. The largest absolute Gasteiger partial charge is 0.285 e. The molecule has 4 rings (SSSR count). The summed E-state index contributed by atoms with van der Waals surface area (Å²) in [5, 5.41) is 8.38. The molecule has 0 amide bonds. The van der Waals surface area contributed by atoms with Crippen LogP contribution in [0.15, 0.2) is 71.8 Å². The Hall–Kier alpha value is -3.19. The topological polar surface area (TPSA) is 67.6 Å². The highest BCUT2D eigenvalue weighted by molar-refractivity contribution is 7.93. The van der Waals surface area contributed by atoms with Crippen molar-refractivity contribution in [2.75, 3.05) is 4.31 Å². The molecule has 0 saturated carbocycles. The average molecular weight is 449 g/mol. The van der Waals surface area contributed by atoms with Crippen LogP contribution in [0.2, 0.25) is 0 Å². The van der Waals surface area contributed by atoms with Crippen molar-refractivity contribution >= 4 is 21.4 Å². The Kier molecular flexibility index (Phi) is 6.02. The first kappa shape index (κ1) is 22.0. The number of aryl methyl sites for hydroxylation is 2. The van der Waals surface area contributed by atoms with Crippen LogP contribution in [0.3, 0.4) is 0 Å². The second-order valence-electron chi connectivity index (χ2n) is 8.22. The molecule has 0 saturated heterocycles. The molecule has 2 aromatic heterocycles. The smallest absolute Gasteiger partial charge is 0.268 e. The number of anilines is 1. The molecule has 0 aliphatic rings. The SMILES string of the molecule is CCc1nnc2c(S(=O)(=O)N(Cc3ccccc3C)c3ccc(C(C)C)cc3)cccn12. The Morgan fingerprint density at radius 2 is 1.69 bits per heavy atom. The van der Waals surface area contributed by atoms with E-state index in [4.69, 9.17) is 0 Å². The summed E-state index contributed by atoms with van der Waals surface area (Å²) < 4.78 is 31.3. The first-order valence-electron chi connectivity index (χ1n) is 10.8. The maximum Gasteiger partial charge on any atom is 0.268 e. The number of hydrogen-bond donors (Lipinski definition) is 0. The molecule has 7 heteroatoms. The molecular formula is C25H28N4O2S. The van der Waals surface area contributed by atoms with Gasteiger partial charge >= 0.3 is 0 Å². The molecule has 0 radical (unpaired) electrons. The van der Waals surface area contributed by atoms with Crippen molar-refractivity contribution in [3.63, 3.8) is 0 Å². The van der Waals surface area contributed by atoms with Gasteiger partial charge in [0.2, 0.25) is 0 Å². The van der Waals surface area contributed by atoms with Gasteiger partial charge in [-0.1, -0.05) is 57.2 Å². The number of aromatic nitrogens is 3. The summed E-state index contributed by atoms with van der Waals surface area (Å²) in [6, 6.07) is 18.9. The monoisotopic (exact) mass is 448 g/mol. The highest BCUT2D eigenvalue weighted by atomic mass is 32.2. The normalized spacial score (nSPS) is 11.9. The molecule has 32 heavy (non-hydrogen) atoms. The lowest BCUT2D eigenvalue weighted by Gasteiger charge is -2.26. The fourth-order valence-electron chi connectivity index (χ4n) is 3.78. The molecule has 4 aromatic rings. The Morgan fingerprint density at radius 3 is 2.34 bits per heavy atom. The van der Waals surface area contributed by atoms with Gasteiger partial charge in [0.1, 0.15) is 10.7 Å². The van der Waals surface area contributed by atoms with E-state index < -0.39 is 10.0 Å². The number of fused-ring (bicyclic) bond motifs is 1. The second-order valence-corrected chi connectivity index (χ2v) is 10.1. The minimum atomic E-state index is -3.91. The highest BCUT2D eigenvalue weighted by Crippen LogP contribution is 2.30. The van der Waals surface area contributed by atoms with E-state index in [9.17, 15) is 8.42 Å². The predicted molar refractivity (Wildman–Crippen MR) is 127 cm³/mol. The van der Waals surface area contributed by atoms with Crippen LogP contribution in [0.5, 0.6) is 0 Å². The molecule has 0 N–H and O–H groups in total. The number of hydrogen-bond acceptors (Lipinski definition) is 4. The van der Waals surface area contributed by atoms with E-state index in [2.05, 4.69) is 24.0 Å². The van der Waals surface area contributed by atoms with Gasteiger partial charge in [0, 0.05) is 12.6 Å². The molecule has 166 valence electrons.